The Hall–Kier alpha value is -3.21. The smallest absolute Gasteiger partial charge is 0.314 e. The zero-order valence-electron chi connectivity index (χ0n) is 17.3. The fourth-order valence-electron chi connectivity index (χ4n) is 4.48. The number of Topliss-reactive ketones (excluding diaryl/α,β-unsaturated/α-hetero) is 1. The maximum absolute atomic E-state index is 13.1. The average Bonchev–Trinajstić information content (AvgIpc) is 2.68. The zero-order valence-corrected chi connectivity index (χ0v) is 17.3. The normalized spacial score (nSPS) is 23.5. The number of hydrogen-bond donors (Lipinski definition) is 1. The Bertz CT molecular complexity index is 989. The summed E-state index contributed by atoms with van der Waals surface area (Å²) in [6.07, 6.45) is 2.92. The van der Waals surface area contributed by atoms with E-state index in [-0.39, 0.29) is 24.1 Å². The Morgan fingerprint density at radius 3 is 2.70 bits per heavy atom. The molecule has 1 N–H and O–H groups in total. The number of nitro benzene ring substituents is 1. The van der Waals surface area contributed by atoms with Gasteiger partial charge in [-0.15, -0.1) is 0 Å². The van der Waals surface area contributed by atoms with Crippen molar-refractivity contribution in [2.75, 3.05) is 6.61 Å². The largest absolute Gasteiger partial charge is 0.500 e. The number of phenolic OH excluding ortho intramolecular Hbond substituents is 1. The van der Waals surface area contributed by atoms with Gasteiger partial charge in [-0.2, -0.15) is 5.26 Å². The zero-order chi connectivity index (χ0) is 22.0. The van der Waals surface area contributed by atoms with Crippen LogP contribution in [0.3, 0.4) is 0 Å². The van der Waals surface area contributed by atoms with Crippen molar-refractivity contribution in [1.82, 2.24) is 0 Å². The number of nitriles is 1. The SMILES string of the molecule is CCCC1CC(=O)C2=C(C1)N=C(C)C(C#N)C2c1cc(OCC)c(O)c([N+](=O)[O-])c1. The first-order chi connectivity index (χ1) is 14.3. The van der Waals surface area contributed by atoms with Gasteiger partial charge >= 0.3 is 5.69 Å². The summed E-state index contributed by atoms with van der Waals surface area (Å²) in [5.41, 5.74) is 1.61. The fourth-order valence-corrected chi connectivity index (χ4v) is 4.48. The molecule has 0 spiro atoms. The van der Waals surface area contributed by atoms with Gasteiger partial charge in [0.2, 0.25) is 5.75 Å². The van der Waals surface area contributed by atoms with Crippen molar-refractivity contribution in [3.8, 4) is 17.6 Å². The summed E-state index contributed by atoms with van der Waals surface area (Å²) in [4.78, 5) is 28.5. The lowest BCUT2D eigenvalue weighted by molar-refractivity contribution is -0.386. The molecule has 0 saturated carbocycles. The van der Waals surface area contributed by atoms with Crippen LogP contribution in [-0.4, -0.2) is 28.1 Å². The first-order valence-corrected chi connectivity index (χ1v) is 10.2. The van der Waals surface area contributed by atoms with Crippen molar-refractivity contribution in [3.05, 3.63) is 39.1 Å². The molecule has 158 valence electrons. The summed E-state index contributed by atoms with van der Waals surface area (Å²) < 4.78 is 5.40. The van der Waals surface area contributed by atoms with Crippen LogP contribution in [0, 0.1) is 33.3 Å². The van der Waals surface area contributed by atoms with E-state index < -0.39 is 28.2 Å². The highest BCUT2D eigenvalue weighted by molar-refractivity contribution is 6.03. The van der Waals surface area contributed by atoms with Crippen LogP contribution < -0.4 is 4.74 Å². The second kappa shape index (κ2) is 8.66. The summed E-state index contributed by atoms with van der Waals surface area (Å²) in [5, 5.41) is 31.6. The summed E-state index contributed by atoms with van der Waals surface area (Å²) in [6.45, 7) is 5.72. The quantitative estimate of drug-likeness (QED) is 0.545. The average molecular weight is 411 g/mol. The topological polar surface area (TPSA) is 126 Å². The molecule has 0 bridgehead atoms. The maximum Gasteiger partial charge on any atom is 0.314 e. The summed E-state index contributed by atoms with van der Waals surface area (Å²) in [5.74, 6) is -1.86. The molecule has 3 rings (SSSR count). The first-order valence-electron chi connectivity index (χ1n) is 10.2. The minimum absolute atomic E-state index is 0.0344. The van der Waals surface area contributed by atoms with Crippen molar-refractivity contribution in [2.24, 2.45) is 16.8 Å². The van der Waals surface area contributed by atoms with Gasteiger partial charge in [0.1, 0.15) is 0 Å². The number of aromatic hydroxyl groups is 1. The molecule has 1 heterocycles. The Morgan fingerprint density at radius 1 is 1.37 bits per heavy atom. The molecule has 3 atom stereocenters. The molecule has 8 nitrogen and oxygen atoms in total. The minimum Gasteiger partial charge on any atom is -0.500 e. The van der Waals surface area contributed by atoms with Crippen molar-refractivity contribution in [2.45, 2.75) is 52.4 Å². The monoisotopic (exact) mass is 411 g/mol. The molecule has 1 aromatic rings. The Kier molecular flexibility index (Phi) is 6.20. The third kappa shape index (κ3) is 3.80. The van der Waals surface area contributed by atoms with Gasteiger partial charge in [-0.1, -0.05) is 13.3 Å². The molecule has 30 heavy (non-hydrogen) atoms. The first kappa shape index (κ1) is 21.5. The molecular weight excluding hydrogens is 386 g/mol. The van der Waals surface area contributed by atoms with E-state index in [0.717, 1.165) is 12.8 Å². The molecule has 8 heteroatoms. The van der Waals surface area contributed by atoms with Crippen molar-refractivity contribution in [3.63, 3.8) is 0 Å². The van der Waals surface area contributed by atoms with Crippen LogP contribution in [-0.2, 0) is 4.79 Å². The number of benzene rings is 1. The Morgan fingerprint density at radius 2 is 2.10 bits per heavy atom. The van der Waals surface area contributed by atoms with Gasteiger partial charge in [-0.05, 0) is 44.2 Å². The number of nitro groups is 1. The molecule has 1 aliphatic heterocycles. The number of rotatable bonds is 6. The summed E-state index contributed by atoms with van der Waals surface area (Å²) >= 11 is 0. The molecule has 2 aliphatic rings. The van der Waals surface area contributed by atoms with Crippen molar-refractivity contribution < 1.29 is 19.6 Å². The van der Waals surface area contributed by atoms with Gasteiger partial charge < -0.3 is 9.84 Å². The van der Waals surface area contributed by atoms with E-state index in [1.807, 2.05) is 0 Å². The standard InChI is InChI=1S/C22H25N3O5/c1-4-6-13-7-16-21(18(26)8-13)20(15(11-23)12(3)24-16)14-9-17(25(28)29)22(27)19(10-14)30-5-2/h9-10,13,15,20,27H,4-8H2,1-3H3. The molecular formula is C22H25N3O5. The van der Waals surface area contributed by atoms with Crippen LogP contribution in [0.5, 0.6) is 11.5 Å². The lowest BCUT2D eigenvalue weighted by atomic mass is 9.70. The molecule has 0 fully saturated rings. The van der Waals surface area contributed by atoms with E-state index in [1.165, 1.54) is 12.1 Å². The highest BCUT2D eigenvalue weighted by atomic mass is 16.6. The Balaban J connectivity index is 2.20. The fraction of sp³-hybridized carbons (Fsp3) is 0.500. The van der Waals surface area contributed by atoms with E-state index in [4.69, 9.17) is 4.74 Å². The third-order valence-electron chi connectivity index (χ3n) is 5.74. The van der Waals surface area contributed by atoms with Gasteiger partial charge in [-0.3, -0.25) is 19.9 Å². The molecule has 0 saturated heterocycles. The second-order valence-electron chi connectivity index (χ2n) is 7.76. The minimum atomic E-state index is -0.728. The lowest BCUT2D eigenvalue weighted by Gasteiger charge is -2.35. The Labute approximate surface area is 175 Å². The highest BCUT2D eigenvalue weighted by Crippen LogP contribution is 2.48. The predicted molar refractivity (Wildman–Crippen MR) is 111 cm³/mol. The van der Waals surface area contributed by atoms with Gasteiger partial charge in [0.05, 0.1) is 23.5 Å². The number of phenols is 1. The van der Waals surface area contributed by atoms with Gasteiger partial charge in [0.15, 0.2) is 11.5 Å². The molecule has 0 aromatic heterocycles. The van der Waals surface area contributed by atoms with Gasteiger partial charge in [0.25, 0.3) is 0 Å². The number of ether oxygens (including phenoxy) is 1. The highest BCUT2D eigenvalue weighted by Gasteiger charge is 2.42. The van der Waals surface area contributed by atoms with Crippen LogP contribution in [0.4, 0.5) is 5.69 Å². The number of nitrogens with zero attached hydrogens (tertiary/aromatic N) is 3. The number of ketones is 1. The van der Waals surface area contributed by atoms with E-state index >= 15 is 0 Å². The van der Waals surface area contributed by atoms with E-state index in [1.54, 1.807) is 13.8 Å². The van der Waals surface area contributed by atoms with Gasteiger partial charge in [0, 0.05) is 35.4 Å². The van der Waals surface area contributed by atoms with Crippen molar-refractivity contribution >= 4 is 17.2 Å². The lowest BCUT2D eigenvalue weighted by Crippen LogP contribution is -2.32. The molecule has 3 unspecified atom stereocenters. The van der Waals surface area contributed by atoms with Crippen LogP contribution in [0.25, 0.3) is 0 Å². The summed E-state index contributed by atoms with van der Waals surface area (Å²) in [7, 11) is 0. The number of aliphatic imine (C=N–C) groups is 1. The van der Waals surface area contributed by atoms with Crippen LogP contribution in [0.1, 0.15) is 57.9 Å². The van der Waals surface area contributed by atoms with Gasteiger partial charge in [-0.25, -0.2) is 0 Å². The van der Waals surface area contributed by atoms with E-state index in [0.29, 0.717) is 35.4 Å². The molecule has 1 aromatic carbocycles. The number of carbonyl (C=O) groups excluding carboxylic acids is 1. The van der Waals surface area contributed by atoms with E-state index in [9.17, 15) is 25.3 Å². The molecule has 0 amide bonds. The third-order valence-corrected chi connectivity index (χ3v) is 5.74. The van der Waals surface area contributed by atoms with E-state index in [2.05, 4.69) is 18.0 Å². The number of carbonyl (C=O) groups is 1. The maximum atomic E-state index is 13.1. The van der Waals surface area contributed by atoms with Crippen LogP contribution in [0.2, 0.25) is 0 Å². The molecule has 0 radical (unpaired) electrons. The van der Waals surface area contributed by atoms with Crippen molar-refractivity contribution in [1.29, 1.82) is 5.26 Å². The second-order valence-corrected chi connectivity index (χ2v) is 7.76. The predicted octanol–water partition coefficient (Wildman–Crippen LogP) is 4.43. The summed E-state index contributed by atoms with van der Waals surface area (Å²) in [6, 6.07) is 4.95. The molecule has 1 aliphatic carbocycles. The van der Waals surface area contributed by atoms with Crippen LogP contribution >= 0.6 is 0 Å². The van der Waals surface area contributed by atoms with Crippen LogP contribution in [0.15, 0.2) is 28.4 Å². The number of hydrogen-bond acceptors (Lipinski definition) is 7. The number of allylic oxidation sites excluding steroid dienone is 2.